The van der Waals surface area contributed by atoms with Gasteiger partial charge in [-0.25, -0.2) is 4.79 Å². The fourth-order valence-electron chi connectivity index (χ4n) is 5.02. The van der Waals surface area contributed by atoms with E-state index in [1.807, 2.05) is 45.4 Å². The average molecular weight is 739 g/mol. The third-order valence-electron chi connectivity index (χ3n) is 8.05. The molecule has 0 bridgehead atoms. The van der Waals surface area contributed by atoms with Crippen molar-refractivity contribution >= 4 is 17.9 Å². The molecule has 53 heavy (non-hydrogen) atoms. The van der Waals surface area contributed by atoms with Crippen molar-refractivity contribution in [2.24, 2.45) is 0 Å². The summed E-state index contributed by atoms with van der Waals surface area (Å²) in [6.07, 6.45) is 46.1. The SMILES string of the molecule is CC/C=C/C=C/C=C/CCCCCCCC(=O)OCC(COCCC(C(=O)O)[N+](C)(C)C)OC(=O)CC/C=C/C/C=C/C/C=C/C/C=C/C/C=C/CC. The van der Waals surface area contributed by atoms with E-state index in [1.165, 1.54) is 0 Å². The molecule has 0 aromatic heterocycles. The predicted molar refractivity (Wildman–Crippen MR) is 219 cm³/mol. The van der Waals surface area contributed by atoms with Crippen LogP contribution >= 0.6 is 0 Å². The van der Waals surface area contributed by atoms with Crippen molar-refractivity contribution in [1.29, 1.82) is 0 Å². The molecule has 0 rings (SSSR count). The summed E-state index contributed by atoms with van der Waals surface area (Å²) in [7, 11) is 5.47. The number of unbranched alkanes of at least 4 members (excludes halogenated alkanes) is 5. The van der Waals surface area contributed by atoms with E-state index in [2.05, 4.69) is 86.8 Å². The van der Waals surface area contributed by atoms with Gasteiger partial charge < -0.3 is 23.8 Å². The van der Waals surface area contributed by atoms with E-state index in [0.717, 1.165) is 77.0 Å². The molecule has 0 aromatic carbocycles. The number of hydrogen-bond acceptors (Lipinski definition) is 6. The van der Waals surface area contributed by atoms with Gasteiger partial charge in [0.1, 0.15) is 6.61 Å². The van der Waals surface area contributed by atoms with Crippen molar-refractivity contribution in [3.63, 3.8) is 0 Å². The maximum atomic E-state index is 12.6. The van der Waals surface area contributed by atoms with Gasteiger partial charge in [0, 0.05) is 19.3 Å². The number of nitrogens with zero attached hydrogens (tertiary/aromatic N) is 1. The Labute approximate surface area is 322 Å². The molecule has 0 saturated heterocycles. The first-order valence-electron chi connectivity index (χ1n) is 19.8. The van der Waals surface area contributed by atoms with Crippen LogP contribution < -0.4 is 0 Å². The Morgan fingerprint density at radius 3 is 1.72 bits per heavy atom. The van der Waals surface area contributed by atoms with Gasteiger partial charge in [0.05, 0.1) is 34.4 Å². The number of carbonyl (C=O) groups is 3. The van der Waals surface area contributed by atoms with E-state index in [4.69, 9.17) is 14.2 Å². The van der Waals surface area contributed by atoms with E-state index in [9.17, 15) is 19.5 Å². The van der Waals surface area contributed by atoms with Crippen LogP contribution in [0.5, 0.6) is 0 Å². The molecule has 0 heterocycles. The lowest BCUT2D eigenvalue weighted by Gasteiger charge is -2.31. The maximum absolute atomic E-state index is 12.6. The zero-order valence-electron chi connectivity index (χ0n) is 33.7. The van der Waals surface area contributed by atoms with Crippen molar-refractivity contribution in [1.82, 2.24) is 0 Å². The topological polar surface area (TPSA) is 99.1 Å². The highest BCUT2D eigenvalue weighted by molar-refractivity contribution is 5.72. The van der Waals surface area contributed by atoms with E-state index in [-0.39, 0.29) is 36.7 Å². The quantitative estimate of drug-likeness (QED) is 0.0235. The van der Waals surface area contributed by atoms with Crippen molar-refractivity contribution in [3.8, 4) is 0 Å². The van der Waals surface area contributed by atoms with Gasteiger partial charge in [0.15, 0.2) is 12.1 Å². The molecular formula is C45H72NO7+. The number of rotatable bonds is 33. The minimum absolute atomic E-state index is 0.0177. The third-order valence-corrected chi connectivity index (χ3v) is 8.05. The van der Waals surface area contributed by atoms with Crippen LogP contribution in [0.25, 0.3) is 0 Å². The zero-order valence-corrected chi connectivity index (χ0v) is 33.7. The number of aliphatic carboxylic acids is 1. The Morgan fingerprint density at radius 2 is 1.13 bits per heavy atom. The smallest absolute Gasteiger partial charge is 0.362 e. The minimum atomic E-state index is -0.895. The molecule has 1 N–H and O–H groups in total. The molecule has 0 aliphatic heterocycles. The van der Waals surface area contributed by atoms with Gasteiger partial charge in [-0.15, -0.1) is 0 Å². The number of ether oxygens (including phenoxy) is 3. The van der Waals surface area contributed by atoms with Gasteiger partial charge in [-0.3, -0.25) is 9.59 Å². The van der Waals surface area contributed by atoms with Gasteiger partial charge in [0.2, 0.25) is 0 Å². The number of hydrogen-bond donors (Lipinski definition) is 1. The standard InChI is InChI=1S/C45H71NO7/c1-6-8-10-12-14-16-18-20-21-22-24-26-28-30-32-34-36-44(48)53-41(39-51-38-37-42(45(49)50)46(3,4)5)40-52-43(47)35-33-31-29-27-25-23-19-17-15-13-11-9-7-2/h8-11,13-17,19-21,24,26,30,32,41-42H,6-7,12,18,22-23,25,27-29,31,33-40H2,1-5H3/p+1/b10-8+,11-9+,15-13+,16-14+,19-17+,21-20+,26-24+,32-30+. The molecule has 0 aliphatic rings. The number of quaternary nitrogens is 1. The summed E-state index contributed by atoms with van der Waals surface area (Å²) < 4.78 is 17.1. The van der Waals surface area contributed by atoms with Crippen LogP contribution in [0.3, 0.4) is 0 Å². The number of carboxylic acid groups (broad SMARTS) is 1. The fourth-order valence-corrected chi connectivity index (χ4v) is 5.02. The zero-order chi connectivity index (χ0) is 39.3. The van der Waals surface area contributed by atoms with Crippen LogP contribution in [0.2, 0.25) is 0 Å². The Balaban J connectivity index is 4.59. The Bertz CT molecular complexity index is 1180. The highest BCUT2D eigenvalue weighted by Gasteiger charge is 2.31. The Hall–Kier alpha value is -3.75. The molecule has 2 atom stereocenters. The highest BCUT2D eigenvalue weighted by atomic mass is 16.6. The Morgan fingerprint density at radius 1 is 0.585 bits per heavy atom. The first-order chi connectivity index (χ1) is 25.6. The normalized spacial score (nSPS) is 14.1. The lowest BCUT2D eigenvalue weighted by atomic mass is 10.1. The molecule has 2 unspecified atom stereocenters. The van der Waals surface area contributed by atoms with Crippen molar-refractivity contribution in [2.75, 3.05) is 41.0 Å². The van der Waals surface area contributed by atoms with Crippen LogP contribution in [0.15, 0.2) is 97.2 Å². The second kappa shape index (κ2) is 35.3. The summed E-state index contributed by atoms with van der Waals surface area (Å²) in [5.74, 6) is -1.62. The molecule has 8 heteroatoms. The Kier molecular flexibility index (Phi) is 32.8. The minimum Gasteiger partial charge on any atom is -0.477 e. The van der Waals surface area contributed by atoms with Gasteiger partial charge in [-0.1, -0.05) is 130 Å². The number of likely N-dealkylation sites (N-methyl/N-ethyl adjacent to an activating group) is 1. The van der Waals surface area contributed by atoms with Crippen LogP contribution in [-0.4, -0.2) is 80.6 Å². The van der Waals surface area contributed by atoms with E-state index >= 15 is 0 Å². The largest absolute Gasteiger partial charge is 0.477 e. The molecule has 0 spiro atoms. The summed E-state index contributed by atoms with van der Waals surface area (Å²) in [5, 5.41) is 9.59. The average Bonchev–Trinajstić information content (AvgIpc) is 3.11. The number of carboxylic acids is 1. The molecule has 0 radical (unpaired) electrons. The highest BCUT2D eigenvalue weighted by Crippen LogP contribution is 2.11. The van der Waals surface area contributed by atoms with Crippen LogP contribution in [0.1, 0.15) is 117 Å². The van der Waals surface area contributed by atoms with Crippen LogP contribution in [0.4, 0.5) is 0 Å². The van der Waals surface area contributed by atoms with Crippen molar-refractivity contribution < 1.29 is 38.2 Å². The summed E-state index contributed by atoms with van der Waals surface area (Å²) in [6, 6.07) is -0.635. The van der Waals surface area contributed by atoms with Gasteiger partial charge >= 0.3 is 17.9 Å². The number of esters is 2. The third kappa shape index (κ3) is 33.8. The van der Waals surface area contributed by atoms with Crippen LogP contribution in [0, 0.1) is 0 Å². The predicted octanol–water partition coefficient (Wildman–Crippen LogP) is 10.3. The summed E-state index contributed by atoms with van der Waals surface area (Å²) >= 11 is 0. The molecule has 0 aromatic rings. The van der Waals surface area contributed by atoms with E-state index in [0.29, 0.717) is 19.3 Å². The van der Waals surface area contributed by atoms with Crippen molar-refractivity contribution in [3.05, 3.63) is 97.2 Å². The molecule has 0 saturated carbocycles. The molecule has 0 aliphatic carbocycles. The molecular weight excluding hydrogens is 666 g/mol. The van der Waals surface area contributed by atoms with Crippen molar-refractivity contribution in [2.45, 2.75) is 129 Å². The van der Waals surface area contributed by atoms with Gasteiger partial charge in [-0.2, -0.15) is 0 Å². The summed E-state index contributed by atoms with van der Waals surface area (Å²) in [5.41, 5.74) is 0. The monoisotopic (exact) mass is 739 g/mol. The summed E-state index contributed by atoms with van der Waals surface area (Å²) in [6.45, 7) is 4.35. The first-order valence-corrected chi connectivity index (χ1v) is 19.8. The molecule has 0 amide bonds. The summed E-state index contributed by atoms with van der Waals surface area (Å²) in [4.78, 5) is 36.8. The second-order valence-electron chi connectivity index (χ2n) is 13.8. The number of allylic oxidation sites excluding steroid dienone is 16. The van der Waals surface area contributed by atoms with Crippen LogP contribution in [-0.2, 0) is 28.6 Å². The molecule has 298 valence electrons. The second-order valence-corrected chi connectivity index (χ2v) is 13.8. The van der Waals surface area contributed by atoms with E-state index < -0.39 is 24.1 Å². The lowest BCUT2D eigenvalue weighted by Crippen LogP contribution is -2.50. The molecule has 8 nitrogen and oxygen atoms in total. The maximum Gasteiger partial charge on any atom is 0.362 e. The van der Waals surface area contributed by atoms with Gasteiger partial charge in [0.25, 0.3) is 0 Å². The fraction of sp³-hybridized carbons (Fsp3) is 0.578. The van der Waals surface area contributed by atoms with E-state index in [1.54, 1.807) is 0 Å². The lowest BCUT2D eigenvalue weighted by molar-refractivity contribution is -0.887. The number of carbonyl (C=O) groups excluding carboxylic acids is 2. The van der Waals surface area contributed by atoms with Gasteiger partial charge in [-0.05, 0) is 64.2 Å². The first kappa shape index (κ1) is 49.2. The molecule has 0 fully saturated rings.